The van der Waals surface area contributed by atoms with Crippen molar-refractivity contribution >= 4 is 40.7 Å². The van der Waals surface area contributed by atoms with Crippen molar-refractivity contribution in [1.82, 2.24) is 4.90 Å². The van der Waals surface area contributed by atoms with Crippen LogP contribution in [0.25, 0.3) is 0 Å². The van der Waals surface area contributed by atoms with Crippen molar-refractivity contribution in [3.8, 4) is 11.5 Å². The van der Waals surface area contributed by atoms with Crippen LogP contribution in [0.2, 0.25) is 10.0 Å². The van der Waals surface area contributed by atoms with Crippen LogP contribution in [0.3, 0.4) is 0 Å². The van der Waals surface area contributed by atoms with Gasteiger partial charge in [-0.25, -0.2) is 0 Å². The van der Waals surface area contributed by atoms with Crippen LogP contribution in [0.5, 0.6) is 11.5 Å². The monoisotopic (exact) mass is 448 g/mol. The first-order valence-electron chi connectivity index (χ1n) is 9.97. The Labute approximate surface area is 185 Å². The van der Waals surface area contributed by atoms with Crippen LogP contribution in [0.15, 0.2) is 36.4 Å². The summed E-state index contributed by atoms with van der Waals surface area (Å²) in [4.78, 5) is 27.4. The minimum absolute atomic E-state index is 0.0466. The number of hydrogen-bond acceptors (Lipinski definition) is 4. The molecule has 2 aliphatic rings. The first-order chi connectivity index (χ1) is 14.5. The summed E-state index contributed by atoms with van der Waals surface area (Å²) < 4.78 is 11.3. The smallest absolute Gasteiger partial charge is 0.262 e. The summed E-state index contributed by atoms with van der Waals surface area (Å²) in [6, 6.07) is 10.1. The SMILES string of the molecule is O=C(COc1ccc(Cl)cc1Cl)Nc1ccc2c(c1)C(=O)N1CCCCC1CCO2. The largest absolute Gasteiger partial charge is 0.493 e. The predicted molar refractivity (Wildman–Crippen MR) is 116 cm³/mol. The maximum Gasteiger partial charge on any atom is 0.262 e. The van der Waals surface area contributed by atoms with Gasteiger partial charge in [-0.05, 0) is 55.7 Å². The predicted octanol–water partition coefficient (Wildman–Crippen LogP) is 4.79. The standard InChI is InChI=1S/C22H22Cl2N2O4/c23-14-4-6-20(18(24)11-14)30-13-21(27)25-15-5-7-19-17(12-15)22(28)26-9-2-1-3-16(26)8-10-29-19/h4-7,11-12,16H,1-3,8-10,13H2,(H,25,27). The second kappa shape index (κ2) is 9.14. The van der Waals surface area contributed by atoms with E-state index in [0.29, 0.717) is 39.4 Å². The van der Waals surface area contributed by atoms with Crippen molar-refractivity contribution in [3.05, 3.63) is 52.0 Å². The average Bonchev–Trinajstić information content (AvgIpc) is 2.73. The highest BCUT2D eigenvalue weighted by atomic mass is 35.5. The topological polar surface area (TPSA) is 67.9 Å². The Morgan fingerprint density at radius 3 is 2.87 bits per heavy atom. The number of ether oxygens (including phenoxy) is 2. The number of hydrogen-bond donors (Lipinski definition) is 1. The fourth-order valence-corrected chi connectivity index (χ4v) is 4.32. The summed E-state index contributed by atoms with van der Waals surface area (Å²) >= 11 is 11.9. The van der Waals surface area contributed by atoms with Gasteiger partial charge in [0.1, 0.15) is 11.5 Å². The Balaban J connectivity index is 1.45. The second-order valence-corrected chi connectivity index (χ2v) is 8.25. The third-order valence-electron chi connectivity index (χ3n) is 5.34. The lowest BCUT2D eigenvalue weighted by molar-refractivity contribution is -0.118. The Hall–Kier alpha value is -2.44. The van der Waals surface area contributed by atoms with Gasteiger partial charge >= 0.3 is 0 Å². The Kier molecular flexibility index (Phi) is 6.35. The minimum atomic E-state index is -0.365. The van der Waals surface area contributed by atoms with E-state index in [1.165, 1.54) is 0 Å². The summed E-state index contributed by atoms with van der Waals surface area (Å²) in [6.45, 7) is 1.11. The number of anilines is 1. The number of halogens is 2. The molecule has 1 atom stereocenters. The first kappa shape index (κ1) is 20.8. The number of nitrogens with zero attached hydrogens (tertiary/aromatic N) is 1. The van der Waals surface area contributed by atoms with Gasteiger partial charge in [0.05, 0.1) is 17.2 Å². The molecular formula is C22H22Cl2N2O4. The molecule has 0 spiro atoms. The Bertz CT molecular complexity index is 966. The van der Waals surface area contributed by atoms with Gasteiger partial charge in [-0.15, -0.1) is 0 Å². The first-order valence-corrected chi connectivity index (χ1v) is 10.7. The second-order valence-electron chi connectivity index (χ2n) is 7.41. The van der Waals surface area contributed by atoms with Crippen molar-refractivity contribution < 1.29 is 19.1 Å². The van der Waals surface area contributed by atoms with Gasteiger partial charge in [-0.3, -0.25) is 9.59 Å². The number of fused-ring (bicyclic) bond motifs is 2. The van der Waals surface area contributed by atoms with E-state index in [1.54, 1.807) is 36.4 Å². The number of carbonyl (C=O) groups is 2. The van der Waals surface area contributed by atoms with Crippen LogP contribution in [-0.4, -0.2) is 42.5 Å². The highest BCUT2D eigenvalue weighted by Gasteiger charge is 2.31. The van der Waals surface area contributed by atoms with E-state index in [9.17, 15) is 9.59 Å². The molecule has 1 unspecified atom stereocenters. The molecule has 0 bridgehead atoms. The lowest BCUT2D eigenvalue weighted by Gasteiger charge is -2.37. The van der Waals surface area contributed by atoms with E-state index in [1.807, 2.05) is 4.90 Å². The van der Waals surface area contributed by atoms with Crippen molar-refractivity contribution in [3.63, 3.8) is 0 Å². The number of carbonyl (C=O) groups excluding carboxylic acids is 2. The number of nitrogens with one attached hydrogen (secondary N) is 1. The van der Waals surface area contributed by atoms with E-state index in [4.69, 9.17) is 32.7 Å². The van der Waals surface area contributed by atoms with Gasteiger partial charge in [0.2, 0.25) is 0 Å². The van der Waals surface area contributed by atoms with E-state index >= 15 is 0 Å². The van der Waals surface area contributed by atoms with Crippen LogP contribution in [0.4, 0.5) is 5.69 Å². The number of benzene rings is 2. The lowest BCUT2D eigenvalue weighted by Crippen LogP contribution is -2.45. The van der Waals surface area contributed by atoms with Gasteiger partial charge in [-0.2, -0.15) is 0 Å². The van der Waals surface area contributed by atoms with Crippen LogP contribution < -0.4 is 14.8 Å². The molecule has 158 valence electrons. The summed E-state index contributed by atoms with van der Waals surface area (Å²) in [5, 5.41) is 3.58. The molecule has 30 heavy (non-hydrogen) atoms. The fourth-order valence-electron chi connectivity index (χ4n) is 3.86. The quantitative estimate of drug-likeness (QED) is 0.729. The summed E-state index contributed by atoms with van der Waals surface area (Å²) in [5.74, 6) is 0.506. The van der Waals surface area contributed by atoms with E-state index in [0.717, 1.165) is 32.2 Å². The fraction of sp³-hybridized carbons (Fsp3) is 0.364. The van der Waals surface area contributed by atoms with Gasteiger partial charge in [-0.1, -0.05) is 23.2 Å². The molecule has 0 aromatic heterocycles. The molecule has 2 aliphatic heterocycles. The summed E-state index contributed by atoms with van der Waals surface area (Å²) in [6.07, 6.45) is 3.99. The third-order valence-corrected chi connectivity index (χ3v) is 5.87. The zero-order valence-corrected chi connectivity index (χ0v) is 17.8. The number of rotatable bonds is 4. The summed E-state index contributed by atoms with van der Waals surface area (Å²) in [7, 11) is 0. The zero-order chi connectivity index (χ0) is 21.1. The molecule has 0 radical (unpaired) electrons. The van der Waals surface area contributed by atoms with E-state index in [-0.39, 0.29) is 24.5 Å². The van der Waals surface area contributed by atoms with Gasteiger partial charge < -0.3 is 19.7 Å². The van der Waals surface area contributed by atoms with Crippen molar-refractivity contribution in [2.24, 2.45) is 0 Å². The van der Waals surface area contributed by atoms with Crippen molar-refractivity contribution in [2.75, 3.05) is 25.1 Å². The lowest BCUT2D eigenvalue weighted by atomic mass is 9.97. The molecule has 2 amide bonds. The molecule has 6 nitrogen and oxygen atoms in total. The molecule has 0 aliphatic carbocycles. The van der Waals surface area contributed by atoms with Crippen LogP contribution >= 0.6 is 23.2 Å². The maximum atomic E-state index is 13.1. The summed E-state index contributed by atoms with van der Waals surface area (Å²) in [5.41, 5.74) is 0.983. The minimum Gasteiger partial charge on any atom is -0.493 e. The average molecular weight is 449 g/mol. The van der Waals surface area contributed by atoms with Crippen LogP contribution in [0, 0.1) is 0 Å². The van der Waals surface area contributed by atoms with Crippen molar-refractivity contribution in [2.45, 2.75) is 31.7 Å². The number of piperidine rings is 1. The van der Waals surface area contributed by atoms with Gasteiger partial charge in [0.25, 0.3) is 11.8 Å². The highest BCUT2D eigenvalue weighted by molar-refractivity contribution is 6.35. The van der Waals surface area contributed by atoms with Gasteiger partial charge in [0, 0.05) is 29.7 Å². The molecule has 4 rings (SSSR count). The Morgan fingerprint density at radius 2 is 2.03 bits per heavy atom. The molecule has 1 saturated heterocycles. The van der Waals surface area contributed by atoms with Crippen molar-refractivity contribution in [1.29, 1.82) is 0 Å². The maximum absolute atomic E-state index is 13.1. The molecular weight excluding hydrogens is 427 g/mol. The van der Waals surface area contributed by atoms with E-state index in [2.05, 4.69) is 5.32 Å². The highest BCUT2D eigenvalue weighted by Crippen LogP contribution is 2.31. The zero-order valence-electron chi connectivity index (χ0n) is 16.3. The number of amides is 2. The molecule has 1 N–H and O–H groups in total. The van der Waals surface area contributed by atoms with E-state index < -0.39 is 0 Å². The molecule has 2 aromatic rings. The van der Waals surface area contributed by atoms with Crippen LogP contribution in [0.1, 0.15) is 36.0 Å². The molecule has 0 saturated carbocycles. The molecule has 2 heterocycles. The van der Waals surface area contributed by atoms with Crippen LogP contribution in [-0.2, 0) is 4.79 Å². The normalized spacial score (nSPS) is 18.4. The molecule has 8 heteroatoms. The third kappa shape index (κ3) is 4.65. The Morgan fingerprint density at radius 1 is 1.17 bits per heavy atom. The molecule has 1 fully saturated rings. The molecule has 2 aromatic carbocycles. The van der Waals surface area contributed by atoms with Gasteiger partial charge in [0.15, 0.2) is 6.61 Å².